The number of hydrogen-bond donors (Lipinski definition) is 3. The van der Waals surface area contributed by atoms with E-state index in [1.807, 2.05) is 0 Å². The average Bonchev–Trinajstić information content (AvgIpc) is 1.68. The molecule has 0 saturated carbocycles. The second-order valence-corrected chi connectivity index (χ2v) is 1.90. The fourth-order valence-corrected chi connectivity index (χ4v) is 0.0447. The second-order valence-electron chi connectivity index (χ2n) is 0.632. The van der Waals surface area contributed by atoms with Crippen molar-refractivity contribution in [1.82, 2.24) is 0 Å². The summed E-state index contributed by atoms with van der Waals surface area (Å²) < 4.78 is 15.0. The van der Waals surface area contributed by atoms with Gasteiger partial charge in [0.2, 0.25) is 0 Å². The van der Waals surface area contributed by atoms with Gasteiger partial charge in [-0.2, -0.15) is 0 Å². The molecule has 0 aromatic rings. The van der Waals surface area contributed by atoms with Gasteiger partial charge in [-0.25, -0.2) is 15.1 Å². The summed E-state index contributed by atoms with van der Waals surface area (Å²) in [6, 6.07) is 0. The molecule has 0 saturated heterocycles. The molecule has 0 aliphatic heterocycles. The largest absolute Gasteiger partial charge is 0.526 e. The molecular formula is H5O7P. The molecule has 0 aliphatic carbocycles. The average molecular weight is 148 g/mol. The third-order valence-corrected chi connectivity index (χ3v) is 0.619. The maximum absolute atomic E-state index is 9.56. The fourth-order valence-electron chi connectivity index (χ4n) is 0.0149. The Bertz CT molecular complexity index is 76.4. The molecule has 8 heteroatoms. The molecule has 0 aliphatic rings. The first kappa shape index (κ1) is 10.9. The van der Waals surface area contributed by atoms with E-state index in [1.165, 1.54) is 0 Å². The van der Waals surface area contributed by atoms with E-state index in [0.717, 1.165) is 0 Å². The molecule has 7 nitrogen and oxygen atoms in total. The first-order valence-electron chi connectivity index (χ1n) is 1.11. The first-order valence-corrected chi connectivity index (χ1v) is 2.61. The maximum Gasteiger partial charge on any atom is 0.526 e. The van der Waals surface area contributed by atoms with E-state index in [0.29, 0.717) is 0 Å². The van der Waals surface area contributed by atoms with Gasteiger partial charge in [-0.05, 0) is 0 Å². The Balaban J connectivity index is 0. The summed E-state index contributed by atoms with van der Waals surface area (Å²) in [5.41, 5.74) is 0. The van der Waals surface area contributed by atoms with Crippen molar-refractivity contribution in [3.8, 4) is 0 Å². The molecule has 0 unspecified atom stereocenters. The molecule has 0 rings (SSSR count). The molecule has 8 heavy (non-hydrogen) atoms. The summed E-state index contributed by atoms with van der Waals surface area (Å²) >= 11 is 0. The molecule has 0 heterocycles. The summed E-state index contributed by atoms with van der Waals surface area (Å²) in [6.45, 7) is 0. The Morgan fingerprint density at radius 2 is 1.50 bits per heavy atom. The molecule has 0 spiro atoms. The van der Waals surface area contributed by atoms with E-state index in [9.17, 15) is 4.57 Å². The van der Waals surface area contributed by atoms with Crippen LogP contribution in [0, 0.1) is 0 Å². The third-order valence-electron chi connectivity index (χ3n) is 0.206. The highest BCUT2D eigenvalue weighted by atomic mass is 31.2. The molecule has 0 aromatic carbocycles. The van der Waals surface area contributed by atoms with Crippen LogP contribution in [0.1, 0.15) is 0 Å². The van der Waals surface area contributed by atoms with Crippen LogP contribution in [-0.2, 0) is 13.9 Å². The van der Waals surface area contributed by atoms with E-state index in [2.05, 4.69) is 9.35 Å². The third kappa shape index (κ3) is 4.16. The van der Waals surface area contributed by atoms with Crippen LogP contribution in [0.15, 0.2) is 0 Å². The minimum absolute atomic E-state index is 0. The Morgan fingerprint density at radius 1 is 1.25 bits per heavy atom. The van der Waals surface area contributed by atoms with Crippen molar-refractivity contribution in [1.29, 1.82) is 0 Å². The standard InChI is InChI=1S/H3O6P.H2O/c1-5-7(3,4)6-2;/h1-2H,(H,3,4);1H2. The zero-order chi connectivity index (χ0) is 5.91. The van der Waals surface area contributed by atoms with Gasteiger partial charge in [0.1, 0.15) is 0 Å². The Labute approximate surface area is 43.9 Å². The van der Waals surface area contributed by atoms with E-state index in [-0.39, 0.29) is 5.48 Å². The highest BCUT2D eigenvalue weighted by Crippen LogP contribution is 2.39. The van der Waals surface area contributed by atoms with Gasteiger partial charge in [-0.15, -0.1) is 9.35 Å². The van der Waals surface area contributed by atoms with E-state index in [4.69, 9.17) is 15.4 Å². The molecule has 52 valence electrons. The zero-order valence-corrected chi connectivity index (χ0v) is 4.41. The first-order chi connectivity index (χ1) is 3.12. The highest BCUT2D eigenvalue weighted by molar-refractivity contribution is 7.47. The van der Waals surface area contributed by atoms with Crippen LogP contribution >= 0.6 is 7.82 Å². The number of hydrogen-bond acceptors (Lipinski definition) is 5. The van der Waals surface area contributed by atoms with Crippen molar-refractivity contribution in [2.75, 3.05) is 0 Å². The van der Waals surface area contributed by atoms with Crippen LogP contribution in [0.5, 0.6) is 0 Å². The molecular weight excluding hydrogens is 143 g/mol. The minimum atomic E-state index is -4.54. The van der Waals surface area contributed by atoms with Gasteiger partial charge in [-0.1, -0.05) is 0 Å². The van der Waals surface area contributed by atoms with Gasteiger partial charge in [0, 0.05) is 0 Å². The molecule has 0 fully saturated rings. The molecule has 5 N–H and O–H groups in total. The predicted octanol–water partition coefficient (Wildman–Crippen LogP) is -0.759. The lowest BCUT2D eigenvalue weighted by Gasteiger charge is -1.96. The molecule has 0 aromatic heterocycles. The summed E-state index contributed by atoms with van der Waals surface area (Å²) in [5.74, 6) is 0. The van der Waals surface area contributed by atoms with Crippen LogP contribution in [0.4, 0.5) is 0 Å². The van der Waals surface area contributed by atoms with Gasteiger partial charge in [0.15, 0.2) is 0 Å². The SMILES string of the molecule is O.O=P(O)(OO)OO. The summed E-state index contributed by atoms with van der Waals surface area (Å²) in [5, 5.41) is 14.6. The van der Waals surface area contributed by atoms with Crippen molar-refractivity contribution in [2.45, 2.75) is 0 Å². The molecule has 0 radical (unpaired) electrons. The van der Waals surface area contributed by atoms with Crippen LogP contribution in [0.2, 0.25) is 0 Å². The summed E-state index contributed by atoms with van der Waals surface area (Å²) in [6.07, 6.45) is 0. The lowest BCUT2D eigenvalue weighted by Crippen LogP contribution is -1.84. The maximum atomic E-state index is 9.56. The van der Waals surface area contributed by atoms with Crippen LogP contribution in [-0.4, -0.2) is 20.9 Å². The smallest absolute Gasteiger partial charge is 0.412 e. The van der Waals surface area contributed by atoms with Gasteiger partial charge >= 0.3 is 7.82 Å². The van der Waals surface area contributed by atoms with Crippen molar-refractivity contribution in [3.63, 3.8) is 0 Å². The monoisotopic (exact) mass is 148 g/mol. The van der Waals surface area contributed by atoms with Crippen molar-refractivity contribution in [2.24, 2.45) is 0 Å². The number of rotatable bonds is 2. The van der Waals surface area contributed by atoms with Crippen LogP contribution in [0.25, 0.3) is 0 Å². The van der Waals surface area contributed by atoms with E-state index >= 15 is 0 Å². The summed E-state index contributed by atoms with van der Waals surface area (Å²) in [7, 11) is -4.54. The minimum Gasteiger partial charge on any atom is -0.412 e. The topological polar surface area (TPSA) is 128 Å². The Hall–Kier alpha value is -0.0100. The van der Waals surface area contributed by atoms with Gasteiger partial charge < -0.3 is 5.48 Å². The van der Waals surface area contributed by atoms with E-state index in [1.54, 1.807) is 0 Å². The Morgan fingerprint density at radius 3 is 1.50 bits per heavy atom. The van der Waals surface area contributed by atoms with Crippen molar-refractivity contribution in [3.05, 3.63) is 0 Å². The lowest BCUT2D eigenvalue weighted by atomic mass is 14.9. The lowest BCUT2D eigenvalue weighted by molar-refractivity contribution is -0.224. The highest BCUT2D eigenvalue weighted by Gasteiger charge is 2.19. The predicted molar refractivity (Wildman–Crippen MR) is 20.9 cm³/mol. The molecule has 0 bridgehead atoms. The van der Waals surface area contributed by atoms with Crippen LogP contribution in [0.3, 0.4) is 0 Å². The van der Waals surface area contributed by atoms with Crippen LogP contribution < -0.4 is 0 Å². The van der Waals surface area contributed by atoms with Gasteiger partial charge in [-0.3, -0.25) is 4.89 Å². The molecule has 0 amide bonds. The van der Waals surface area contributed by atoms with Crippen molar-refractivity contribution < 1.29 is 34.8 Å². The second kappa shape index (κ2) is 3.93. The van der Waals surface area contributed by atoms with Gasteiger partial charge in [0.25, 0.3) is 0 Å². The quantitative estimate of drug-likeness (QED) is 0.268. The van der Waals surface area contributed by atoms with E-state index < -0.39 is 7.82 Å². The molecule has 0 atom stereocenters. The summed E-state index contributed by atoms with van der Waals surface area (Å²) in [4.78, 5) is 7.74. The fraction of sp³-hybridized carbons (Fsp3) is 0. The number of phosphoric acid groups is 1. The van der Waals surface area contributed by atoms with Crippen molar-refractivity contribution >= 4 is 7.82 Å². The zero-order valence-electron chi connectivity index (χ0n) is 3.51. The Kier molecular flexibility index (Phi) is 5.34. The van der Waals surface area contributed by atoms with Gasteiger partial charge in [0.05, 0.1) is 0 Å². The normalized spacial score (nSPS) is 10.4.